The number of carboxylic acids is 1. The molecule has 29 heavy (non-hydrogen) atoms. The number of aryl methyl sites for hydroxylation is 1. The number of methoxy groups -OCH3 is 1. The van der Waals surface area contributed by atoms with Gasteiger partial charge in [-0.25, -0.2) is 0 Å². The largest absolute Gasteiger partial charge is 0.497 e. The molecule has 0 amide bonds. The minimum atomic E-state index is -1.35. The number of nitrogens with one attached hydrogen (secondary N) is 1. The van der Waals surface area contributed by atoms with Crippen molar-refractivity contribution in [1.29, 1.82) is 0 Å². The van der Waals surface area contributed by atoms with Crippen LogP contribution in [0.5, 0.6) is 5.75 Å². The molecule has 0 saturated heterocycles. The average Bonchev–Trinajstić information content (AvgIpc) is 2.61. The zero-order valence-electron chi connectivity index (χ0n) is 16.8. The molecule has 1 aromatic carbocycles. The second kappa shape index (κ2) is 17.8. The summed E-state index contributed by atoms with van der Waals surface area (Å²) in [5.74, 6) is -0.168. The fraction of sp³-hybridized carbons (Fsp3) is 0.611. The molecule has 0 radical (unpaired) electrons. The van der Waals surface area contributed by atoms with Gasteiger partial charge in [-0.2, -0.15) is 0 Å². The number of carboxylic acid groups (broad SMARTS) is 1. The first-order valence-electron chi connectivity index (χ1n) is 9.09. The van der Waals surface area contributed by atoms with Crippen molar-refractivity contribution < 1.29 is 30.2 Å². The lowest BCUT2D eigenvalue weighted by atomic mass is 9.81. The lowest BCUT2D eigenvalue weighted by molar-refractivity contribution is -0.143. The molecule has 0 aliphatic carbocycles. The van der Waals surface area contributed by atoms with E-state index in [0.717, 1.165) is 25.1 Å². The Morgan fingerprint density at radius 2 is 1.86 bits per heavy atom. The molecular formula is C18H35BCl2N2O6. The van der Waals surface area contributed by atoms with Crippen molar-refractivity contribution in [2.45, 2.75) is 50.4 Å². The van der Waals surface area contributed by atoms with Crippen LogP contribution in [0.2, 0.25) is 6.32 Å². The van der Waals surface area contributed by atoms with Gasteiger partial charge >= 0.3 is 13.1 Å². The first kappa shape index (κ1) is 32.6. The summed E-state index contributed by atoms with van der Waals surface area (Å²) in [6, 6.07) is 7.95. The van der Waals surface area contributed by atoms with Gasteiger partial charge in [-0.15, -0.1) is 24.8 Å². The van der Waals surface area contributed by atoms with Gasteiger partial charge < -0.3 is 36.4 Å². The van der Waals surface area contributed by atoms with E-state index < -0.39 is 18.6 Å². The Morgan fingerprint density at radius 3 is 2.45 bits per heavy atom. The molecule has 1 atom stereocenters. The van der Waals surface area contributed by atoms with E-state index in [1.165, 1.54) is 5.56 Å². The maximum absolute atomic E-state index is 11.5. The van der Waals surface area contributed by atoms with E-state index in [4.69, 9.17) is 20.5 Å². The standard InChI is InChI=1S/C18H31BN2O5.2ClH.H2O/c1-26-16-8-4-6-15(14-16)7-5-12-21-13-10-18(20,17(22)23)9-2-3-11-19(24)25;;;/h4,6,8,14,21,24-25H,2-3,5,7,9-13,20H2,1H3,(H,22,23);2*1H;1H2. The van der Waals surface area contributed by atoms with Crippen LogP contribution in [-0.2, 0) is 11.2 Å². The number of unbranched alkanes of at least 4 members (excludes halogenated alkanes) is 1. The number of carbonyl (C=O) groups is 1. The van der Waals surface area contributed by atoms with Crippen molar-refractivity contribution in [2.24, 2.45) is 5.73 Å². The van der Waals surface area contributed by atoms with Crippen LogP contribution < -0.4 is 15.8 Å². The number of rotatable bonds is 14. The van der Waals surface area contributed by atoms with Crippen LogP contribution in [0.1, 0.15) is 37.7 Å². The summed E-state index contributed by atoms with van der Waals surface area (Å²) in [5, 5.41) is 30.3. The van der Waals surface area contributed by atoms with Gasteiger partial charge in [0.2, 0.25) is 0 Å². The lowest BCUT2D eigenvalue weighted by Crippen LogP contribution is -2.49. The molecule has 0 heterocycles. The molecule has 1 unspecified atom stereocenters. The molecule has 1 aromatic rings. The topological polar surface area (TPSA) is 157 Å². The van der Waals surface area contributed by atoms with Crippen molar-refractivity contribution in [3.05, 3.63) is 29.8 Å². The van der Waals surface area contributed by atoms with Crippen molar-refractivity contribution >= 4 is 37.9 Å². The molecule has 8 N–H and O–H groups in total. The number of hydrogen-bond acceptors (Lipinski definition) is 6. The van der Waals surface area contributed by atoms with Gasteiger partial charge in [0.15, 0.2) is 0 Å². The van der Waals surface area contributed by atoms with Crippen molar-refractivity contribution in [3.63, 3.8) is 0 Å². The van der Waals surface area contributed by atoms with E-state index in [-0.39, 0.29) is 36.6 Å². The molecule has 0 aliphatic heterocycles. The third kappa shape index (κ3) is 13.7. The van der Waals surface area contributed by atoms with Gasteiger partial charge in [0.25, 0.3) is 0 Å². The van der Waals surface area contributed by atoms with E-state index >= 15 is 0 Å². The Kier molecular flexibility index (Phi) is 20.0. The van der Waals surface area contributed by atoms with Crippen molar-refractivity contribution in [1.82, 2.24) is 5.32 Å². The Labute approximate surface area is 185 Å². The normalized spacial score (nSPS) is 11.9. The lowest BCUT2D eigenvalue weighted by Gasteiger charge is -2.25. The molecule has 1 rings (SSSR count). The number of benzene rings is 1. The summed E-state index contributed by atoms with van der Waals surface area (Å²) < 4.78 is 5.20. The predicted octanol–water partition coefficient (Wildman–Crippen LogP) is 1.05. The van der Waals surface area contributed by atoms with Gasteiger partial charge in [-0.1, -0.05) is 25.0 Å². The highest BCUT2D eigenvalue weighted by Crippen LogP contribution is 2.17. The molecule has 0 fully saturated rings. The van der Waals surface area contributed by atoms with E-state index in [9.17, 15) is 9.90 Å². The fourth-order valence-corrected chi connectivity index (χ4v) is 2.79. The monoisotopic (exact) mass is 456 g/mol. The quantitative estimate of drug-likeness (QED) is 0.207. The molecule has 0 bridgehead atoms. The summed E-state index contributed by atoms with van der Waals surface area (Å²) >= 11 is 0. The van der Waals surface area contributed by atoms with Crippen LogP contribution >= 0.6 is 24.8 Å². The smallest absolute Gasteiger partial charge is 0.451 e. The molecular weight excluding hydrogens is 422 g/mol. The summed E-state index contributed by atoms with van der Waals surface area (Å²) in [6.07, 6.45) is 3.84. The van der Waals surface area contributed by atoms with Crippen LogP contribution in [0.15, 0.2) is 24.3 Å². The first-order chi connectivity index (χ1) is 12.4. The Balaban J connectivity index is -0.00000225. The third-order valence-corrected chi connectivity index (χ3v) is 4.46. The molecule has 0 saturated carbocycles. The van der Waals surface area contributed by atoms with Crippen molar-refractivity contribution in [3.8, 4) is 5.75 Å². The highest BCUT2D eigenvalue weighted by atomic mass is 35.5. The summed E-state index contributed by atoms with van der Waals surface area (Å²) in [6.45, 7) is 1.31. The van der Waals surface area contributed by atoms with Gasteiger partial charge in [0, 0.05) is 0 Å². The number of nitrogens with two attached hydrogens (primary N) is 1. The van der Waals surface area contributed by atoms with Gasteiger partial charge in [-0.05, 0) is 62.8 Å². The Morgan fingerprint density at radius 1 is 1.17 bits per heavy atom. The minimum absolute atomic E-state index is 0. The van der Waals surface area contributed by atoms with E-state index in [0.29, 0.717) is 32.2 Å². The highest BCUT2D eigenvalue weighted by molar-refractivity contribution is 6.40. The Hall–Kier alpha value is -1.07. The third-order valence-electron chi connectivity index (χ3n) is 4.46. The predicted molar refractivity (Wildman–Crippen MR) is 120 cm³/mol. The van der Waals surface area contributed by atoms with Gasteiger partial charge in [0.1, 0.15) is 11.3 Å². The molecule has 11 heteroatoms. The zero-order chi connectivity index (χ0) is 19.4. The number of halogens is 2. The van der Waals surface area contributed by atoms with E-state index in [2.05, 4.69) is 11.4 Å². The molecule has 0 aliphatic rings. The second-order valence-electron chi connectivity index (χ2n) is 6.64. The first-order valence-corrected chi connectivity index (χ1v) is 9.09. The molecule has 170 valence electrons. The number of aliphatic carboxylic acids is 1. The van der Waals surface area contributed by atoms with Gasteiger partial charge in [-0.3, -0.25) is 4.79 Å². The fourth-order valence-electron chi connectivity index (χ4n) is 2.79. The number of ether oxygens (including phenoxy) is 1. The summed E-state index contributed by atoms with van der Waals surface area (Å²) in [5.41, 5.74) is 5.94. The van der Waals surface area contributed by atoms with Crippen LogP contribution in [0, 0.1) is 0 Å². The summed E-state index contributed by atoms with van der Waals surface area (Å²) in [4.78, 5) is 11.5. The summed E-state index contributed by atoms with van der Waals surface area (Å²) in [7, 11) is 0.298. The average molecular weight is 457 g/mol. The number of hydrogen-bond donors (Lipinski definition) is 5. The second-order valence-corrected chi connectivity index (χ2v) is 6.64. The zero-order valence-corrected chi connectivity index (χ0v) is 18.4. The maximum atomic E-state index is 11.5. The minimum Gasteiger partial charge on any atom is -0.497 e. The van der Waals surface area contributed by atoms with Crippen molar-refractivity contribution in [2.75, 3.05) is 20.2 Å². The van der Waals surface area contributed by atoms with E-state index in [1.807, 2.05) is 18.2 Å². The molecule has 8 nitrogen and oxygen atoms in total. The highest BCUT2D eigenvalue weighted by Gasteiger charge is 2.32. The van der Waals surface area contributed by atoms with Crippen LogP contribution in [0.4, 0.5) is 0 Å². The SMILES string of the molecule is COc1cccc(CCCNCCC(N)(CCCCB(O)O)C(=O)O)c1.Cl.Cl.O. The Bertz CT molecular complexity index is 557. The van der Waals surface area contributed by atoms with Crippen LogP contribution in [0.25, 0.3) is 0 Å². The van der Waals surface area contributed by atoms with Gasteiger partial charge in [0.05, 0.1) is 7.11 Å². The molecule has 0 spiro atoms. The maximum Gasteiger partial charge on any atom is 0.451 e. The van der Waals surface area contributed by atoms with E-state index in [1.54, 1.807) is 7.11 Å². The van der Waals surface area contributed by atoms with Crippen LogP contribution in [-0.4, -0.2) is 59.5 Å². The van der Waals surface area contributed by atoms with Crippen LogP contribution in [0.3, 0.4) is 0 Å². The molecule has 0 aromatic heterocycles.